The maximum Gasteiger partial charge on any atom is 0.293 e. The van der Waals surface area contributed by atoms with Gasteiger partial charge in [-0.15, -0.1) is 11.3 Å². The highest BCUT2D eigenvalue weighted by Crippen LogP contribution is 2.37. The number of aromatic nitrogens is 1. The van der Waals surface area contributed by atoms with Gasteiger partial charge in [0.2, 0.25) is 0 Å². The Morgan fingerprint density at radius 2 is 1.69 bits per heavy atom. The van der Waals surface area contributed by atoms with E-state index >= 15 is 0 Å². The van der Waals surface area contributed by atoms with Crippen molar-refractivity contribution in [3.05, 3.63) is 88.4 Å². The number of para-hydroxylation sites is 1. The zero-order valence-corrected chi connectivity index (χ0v) is 18.5. The lowest BCUT2D eigenvalue weighted by Crippen LogP contribution is -2.08. The van der Waals surface area contributed by atoms with E-state index in [1.54, 1.807) is 11.3 Å². The monoisotopic (exact) mass is 437 g/mol. The molecule has 0 saturated heterocycles. The molecule has 0 radical (unpaired) electrons. The summed E-state index contributed by atoms with van der Waals surface area (Å²) in [5, 5.41) is 5.99. The Morgan fingerprint density at radius 3 is 2.59 bits per heavy atom. The Labute approximate surface area is 190 Å². The molecule has 5 aromatic rings. The summed E-state index contributed by atoms with van der Waals surface area (Å²) in [5.41, 5.74) is 5.04. The van der Waals surface area contributed by atoms with Crippen LogP contribution in [-0.4, -0.2) is 11.5 Å². The molecule has 158 valence electrons. The molecule has 1 atom stereocenters. The number of hydrogen-bond acceptors (Lipinski definition) is 4. The Bertz CT molecular complexity index is 1440. The third kappa shape index (κ3) is 3.26. The second kappa shape index (κ2) is 8.03. The highest BCUT2D eigenvalue weighted by molar-refractivity contribution is 7.18. The van der Waals surface area contributed by atoms with Crippen LogP contribution in [0.25, 0.3) is 31.8 Å². The summed E-state index contributed by atoms with van der Waals surface area (Å²) >= 11 is 1.66. The molecule has 4 aromatic carbocycles. The molecule has 1 aromatic heterocycles. The predicted molar refractivity (Wildman–Crippen MR) is 131 cm³/mol. The lowest BCUT2D eigenvalue weighted by molar-refractivity contribution is -0.133. The van der Waals surface area contributed by atoms with Gasteiger partial charge in [-0.2, -0.15) is 0 Å². The van der Waals surface area contributed by atoms with Crippen molar-refractivity contribution in [1.82, 2.24) is 4.98 Å². The van der Waals surface area contributed by atoms with Crippen LogP contribution in [0.3, 0.4) is 0 Å². The van der Waals surface area contributed by atoms with Crippen molar-refractivity contribution >= 4 is 49.6 Å². The summed E-state index contributed by atoms with van der Waals surface area (Å²) in [6, 6.07) is 23.5. The molecule has 0 aliphatic heterocycles. The zero-order chi connectivity index (χ0) is 21.5. The van der Waals surface area contributed by atoms with E-state index in [1.165, 1.54) is 46.5 Å². The van der Waals surface area contributed by atoms with Gasteiger partial charge in [0, 0.05) is 12.0 Å². The average molecular weight is 438 g/mol. The number of aryl methyl sites for hydroxylation is 2. The SMILES string of the molecule is O=COC(Cc1nc2ccccc2s1)c1cccc2c1ccc1c3c(ccc12)CCCC3. The molecule has 1 aliphatic carbocycles. The van der Waals surface area contributed by atoms with Gasteiger partial charge in [-0.1, -0.05) is 54.6 Å². The van der Waals surface area contributed by atoms with Crippen LogP contribution in [0.4, 0.5) is 0 Å². The molecule has 1 aliphatic rings. The van der Waals surface area contributed by atoms with E-state index in [4.69, 9.17) is 9.72 Å². The first-order valence-corrected chi connectivity index (χ1v) is 12.0. The van der Waals surface area contributed by atoms with Gasteiger partial charge in [-0.25, -0.2) is 4.98 Å². The van der Waals surface area contributed by atoms with Crippen LogP contribution in [0.5, 0.6) is 0 Å². The minimum absolute atomic E-state index is 0.369. The number of ether oxygens (including phenoxy) is 1. The second-order valence-electron chi connectivity index (χ2n) is 8.51. The molecule has 4 heteroatoms. The first kappa shape index (κ1) is 19.4. The first-order chi connectivity index (χ1) is 15.8. The summed E-state index contributed by atoms with van der Waals surface area (Å²) in [6.07, 6.45) is 5.09. The topological polar surface area (TPSA) is 39.2 Å². The maximum atomic E-state index is 11.4. The van der Waals surface area contributed by atoms with Crippen molar-refractivity contribution < 1.29 is 9.53 Å². The third-order valence-electron chi connectivity index (χ3n) is 6.69. The molecule has 3 nitrogen and oxygen atoms in total. The number of carbonyl (C=O) groups is 1. The largest absolute Gasteiger partial charge is 0.459 e. The van der Waals surface area contributed by atoms with Crippen molar-refractivity contribution in [3.8, 4) is 0 Å². The molecular formula is C28H23NO2S. The Hall–Kier alpha value is -3.24. The Morgan fingerprint density at radius 1 is 0.875 bits per heavy atom. The summed E-state index contributed by atoms with van der Waals surface area (Å²) in [4.78, 5) is 16.2. The quantitative estimate of drug-likeness (QED) is 0.221. The summed E-state index contributed by atoms with van der Waals surface area (Å²) < 4.78 is 6.78. The van der Waals surface area contributed by atoms with E-state index in [-0.39, 0.29) is 6.10 Å². The van der Waals surface area contributed by atoms with Gasteiger partial charge in [0.25, 0.3) is 6.47 Å². The number of carbonyl (C=O) groups excluding carboxylic acids is 1. The number of benzene rings is 4. The molecule has 6 rings (SSSR count). The maximum absolute atomic E-state index is 11.4. The minimum Gasteiger partial charge on any atom is -0.459 e. The van der Waals surface area contributed by atoms with Crippen LogP contribution in [0.2, 0.25) is 0 Å². The molecule has 0 spiro atoms. The number of fused-ring (bicyclic) bond motifs is 6. The second-order valence-corrected chi connectivity index (χ2v) is 9.63. The van der Waals surface area contributed by atoms with Crippen molar-refractivity contribution in [3.63, 3.8) is 0 Å². The summed E-state index contributed by atoms with van der Waals surface area (Å²) in [6.45, 7) is 0.564. The van der Waals surface area contributed by atoms with E-state index < -0.39 is 0 Å². The molecule has 1 heterocycles. The van der Waals surface area contributed by atoms with Crippen LogP contribution in [0.15, 0.2) is 66.7 Å². The van der Waals surface area contributed by atoms with E-state index in [2.05, 4.69) is 48.5 Å². The van der Waals surface area contributed by atoms with Crippen molar-refractivity contribution in [2.45, 2.75) is 38.2 Å². The van der Waals surface area contributed by atoms with Crippen molar-refractivity contribution in [2.24, 2.45) is 0 Å². The van der Waals surface area contributed by atoms with Gasteiger partial charge in [-0.05, 0) is 70.5 Å². The van der Waals surface area contributed by atoms with Gasteiger partial charge in [-0.3, -0.25) is 4.79 Å². The fourth-order valence-electron chi connectivity index (χ4n) is 5.20. The van der Waals surface area contributed by atoms with Crippen LogP contribution in [0, 0.1) is 0 Å². The number of thiazole rings is 1. The molecule has 0 saturated carbocycles. The van der Waals surface area contributed by atoms with E-state index in [9.17, 15) is 4.79 Å². The summed E-state index contributed by atoms with van der Waals surface area (Å²) in [7, 11) is 0. The number of nitrogens with zero attached hydrogens (tertiary/aromatic N) is 1. The van der Waals surface area contributed by atoms with Crippen LogP contribution in [0.1, 0.15) is 40.6 Å². The molecule has 1 unspecified atom stereocenters. The first-order valence-electron chi connectivity index (χ1n) is 11.2. The Kier molecular flexibility index (Phi) is 4.88. The normalized spacial score (nSPS) is 14.5. The van der Waals surface area contributed by atoms with E-state index in [0.717, 1.165) is 32.6 Å². The molecule has 32 heavy (non-hydrogen) atoms. The molecule has 0 bridgehead atoms. The zero-order valence-electron chi connectivity index (χ0n) is 17.7. The highest BCUT2D eigenvalue weighted by Gasteiger charge is 2.20. The predicted octanol–water partition coefficient (Wildman–Crippen LogP) is 6.94. The lowest BCUT2D eigenvalue weighted by atomic mass is 9.85. The molecular weight excluding hydrogens is 414 g/mol. The standard InChI is InChI=1S/C28H23NO2S/c30-17-31-26(16-28-29-25-10-3-4-11-27(25)32-28)24-9-5-8-20-22-13-12-18-6-1-2-7-19(18)21(22)14-15-23(20)24/h3-5,8-15,17,26H,1-2,6-7,16H2. The van der Waals surface area contributed by atoms with Crippen LogP contribution >= 0.6 is 11.3 Å². The number of rotatable bonds is 5. The average Bonchev–Trinajstić information content (AvgIpc) is 3.25. The Balaban J connectivity index is 1.47. The van der Waals surface area contributed by atoms with E-state index in [0.29, 0.717) is 12.9 Å². The van der Waals surface area contributed by atoms with E-state index in [1.807, 2.05) is 18.2 Å². The fourth-order valence-corrected chi connectivity index (χ4v) is 6.19. The minimum atomic E-state index is -0.369. The highest BCUT2D eigenvalue weighted by atomic mass is 32.1. The van der Waals surface area contributed by atoms with Gasteiger partial charge in [0.05, 0.1) is 15.2 Å². The van der Waals surface area contributed by atoms with Crippen LogP contribution < -0.4 is 0 Å². The van der Waals surface area contributed by atoms with Gasteiger partial charge in [0.1, 0.15) is 6.10 Å². The van der Waals surface area contributed by atoms with Gasteiger partial charge in [0.15, 0.2) is 0 Å². The molecule has 0 amide bonds. The van der Waals surface area contributed by atoms with Crippen molar-refractivity contribution in [2.75, 3.05) is 0 Å². The van der Waals surface area contributed by atoms with Crippen LogP contribution in [-0.2, 0) is 28.8 Å². The smallest absolute Gasteiger partial charge is 0.293 e. The fraction of sp³-hybridized carbons (Fsp3) is 0.214. The van der Waals surface area contributed by atoms with Gasteiger partial charge < -0.3 is 4.74 Å². The summed E-state index contributed by atoms with van der Waals surface area (Å²) in [5.74, 6) is 0. The molecule has 0 N–H and O–H groups in total. The lowest BCUT2D eigenvalue weighted by Gasteiger charge is -2.20. The third-order valence-corrected chi connectivity index (χ3v) is 7.75. The van der Waals surface area contributed by atoms with Gasteiger partial charge >= 0.3 is 0 Å². The molecule has 0 fully saturated rings. The van der Waals surface area contributed by atoms with Crippen molar-refractivity contribution in [1.29, 1.82) is 0 Å². The number of hydrogen-bond donors (Lipinski definition) is 0.